The van der Waals surface area contributed by atoms with Crippen LogP contribution >= 0.6 is 15.6 Å². The van der Waals surface area contributed by atoms with Crippen molar-refractivity contribution in [2.75, 3.05) is 25.6 Å². The monoisotopic (exact) mass is 973 g/mol. The van der Waals surface area contributed by atoms with Gasteiger partial charge in [0.1, 0.15) is 30.7 Å². The van der Waals surface area contributed by atoms with Crippen LogP contribution in [0.25, 0.3) is 0 Å². The number of carbonyl (C=O) groups is 3. The van der Waals surface area contributed by atoms with E-state index in [1.54, 1.807) is 12.2 Å². The third kappa shape index (κ3) is 26.1. The van der Waals surface area contributed by atoms with Crippen molar-refractivity contribution >= 4 is 39.2 Å². The Kier molecular flexibility index (Phi) is 29.2. The van der Waals surface area contributed by atoms with Gasteiger partial charge in [-0.2, -0.15) is 9.29 Å². The zero-order valence-corrected chi connectivity index (χ0v) is 40.4. The summed E-state index contributed by atoms with van der Waals surface area (Å²) in [4.78, 5) is 74.0. The largest absolute Gasteiger partial charge is 0.481 e. The number of hydrogen-bond donors (Lipinski definition) is 5. The molecular weight excluding hydrogens is 900 g/mol. The Morgan fingerprint density at radius 1 is 0.833 bits per heavy atom. The summed E-state index contributed by atoms with van der Waals surface area (Å²) in [5, 5.41) is 20.8. The molecule has 0 bridgehead atoms. The Morgan fingerprint density at radius 2 is 1.50 bits per heavy atom. The number of carbonyl (C=O) groups excluding carboxylic acids is 3. The minimum atomic E-state index is -5.48. The molecule has 1 saturated heterocycles. The fourth-order valence-electron chi connectivity index (χ4n) is 6.42. The molecule has 21 heteroatoms. The van der Waals surface area contributed by atoms with E-state index in [1.807, 2.05) is 12.2 Å². The number of aliphatic hydroxyl groups is 2. The number of anilines is 1. The number of hydrogen-bond acceptors (Lipinski definition) is 16. The number of aliphatic hydroxyl groups excluding tert-OH is 2. The van der Waals surface area contributed by atoms with Crippen molar-refractivity contribution in [3.63, 3.8) is 0 Å². The first kappa shape index (κ1) is 58.5. The summed E-state index contributed by atoms with van der Waals surface area (Å²) in [7, 11) is -10.9. The Hall–Kier alpha value is -3.61. The van der Waals surface area contributed by atoms with E-state index in [1.165, 1.54) is 37.8 Å². The van der Waals surface area contributed by atoms with E-state index in [9.17, 15) is 48.3 Å². The van der Waals surface area contributed by atoms with Crippen LogP contribution in [0.2, 0.25) is 0 Å². The normalized spacial score (nSPS) is 20.5. The standard InChI is InChI=1S/C45H73N3O16P2/c1-4-6-7-8-9-10-11-12-13-14-15-19-22-26-36(49)27-24-29-41(51)62-37(32-59-40(50)28-23-20-17-16-18-21-25-35(3)5-2)33-60-65(55,56)64-66(57,58)61-34-38-42(52)43(53)44(63-38)48-31-30-39(46)47-45(48)54/h9-10,12-13,15,19,22,26,30-31,35,37-38,42-44,52-53H,4-8,11,14,16-18,20-21,23-25,27-29,32-34H2,1-3H3,(H,55,56)(H,57,58)(H2,46,47,54)/b10-9-,13-12-,19-15-,26-22+/t35?,37-,38-,42-,43-,44-/m1/s1. The molecule has 1 aromatic heterocycles. The molecule has 0 spiro atoms. The maximum absolute atomic E-state index is 12.8. The second-order valence-corrected chi connectivity index (χ2v) is 19.2. The van der Waals surface area contributed by atoms with Crippen LogP contribution < -0.4 is 11.4 Å². The van der Waals surface area contributed by atoms with Gasteiger partial charge < -0.3 is 39.9 Å². The minimum Gasteiger partial charge on any atom is -0.462 e. The summed E-state index contributed by atoms with van der Waals surface area (Å²) < 4.78 is 56.3. The van der Waals surface area contributed by atoms with Crippen molar-refractivity contribution in [1.29, 1.82) is 0 Å². The Balaban J connectivity index is 1.89. The first-order valence-corrected chi connectivity index (χ1v) is 26.0. The number of aromatic nitrogens is 2. The fraction of sp³-hybridized carbons (Fsp3) is 0.667. The number of phosphoric acid groups is 2. The second-order valence-electron chi connectivity index (χ2n) is 16.2. The molecule has 6 N–H and O–H groups in total. The highest BCUT2D eigenvalue weighted by Gasteiger charge is 2.46. The molecule has 19 nitrogen and oxygen atoms in total. The molecule has 0 radical (unpaired) electrons. The predicted octanol–water partition coefficient (Wildman–Crippen LogP) is 7.64. The van der Waals surface area contributed by atoms with E-state index >= 15 is 0 Å². The number of rotatable bonds is 36. The van der Waals surface area contributed by atoms with Crippen molar-refractivity contribution < 1.29 is 71.1 Å². The van der Waals surface area contributed by atoms with Gasteiger partial charge in [-0.05, 0) is 56.6 Å². The Bertz CT molecular complexity index is 1870. The van der Waals surface area contributed by atoms with Crippen LogP contribution in [0, 0.1) is 5.92 Å². The van der Waals surface area contributed by atoms with Crippen molar-refractivity contribution in [2.24, 2.45) is 5.92 Å². The molecule has 1 aliphatic heterocycles. The van der Waals surface area contributed by atoms with Gasteiger partial charge in [0, 0.05) is 25.5 Å². The smallest absolute Gasteiger partial charge is 0.462 e. The summed E-state index contributed by atoms with van der Waals surface area (Å²) in [6.45, 7) is 4.08. The minimum absolute atomic E-state index is 0.0169. The van der Waals surface area contributed by atoms with Crippen LogP contribution in [-0.2, 0) is 51.1 Å². The van der Waals surface area contributed by atoms with Crippen molar-refractivity contribution in [3.8, 4) is 0 Å². The zero-order valence-electron chi connectivity index (χ0n) is 38.6. The molecule has 1 aliphatic rings. The molecule has 66 heavy (non-hydrogen) atoms. The average molecular weight is 974 g/mol. The molecule has 8 atom stereocenters. The highest BCUT2D eigenvalue weighted by Crippen LogP contribution is 2.60. The van der Waals surface area contributed by atoms with Gasteiger partial charge in [0.15, 0.2) is 18.1 Å². The lowest BCUT2D eigenvalue weighted by Gasteiger charge is -2.21. The highest BCUT2D eigenvalue weighted by atomic mass is 31.3. The number of nitrogens with zero attached hydrogens (tertiary/aromatic N) is 2. The molecular formula is C45H73N3O16P2. The van der Waals surface area contributed by atoms with Crippen LogP contribution in [0.3, 0.4) is 0 Å². The number of ether oxygens (including phenoxy) is 3. The van der Waals surface area contributed by atoms with E-state index in [0.717, 1.165) is 62.1 Å². The third-order valence-corrected chi connectivity index (χ3v) is 13.0. The number of phosphoric ester groups is 2. The molecule has 1 aromatic rings. The highest BCUT2D eigenvalue weighted by molar-refractivity contribution is 7.61. The average Bonchev–Trinajstić information content (AvgIpc) is 3.54. The van der Waals surface area contributed by atoms with E-state index < -0.39 is 83.7 Å². The molecule has 1 fully saturated rings. The summed E-state index contributed by atoms with van der Waals surface area (Å²) in [6.07, 6.45) is 22.5. The number of unbranched alkanes of at least 4 members (excludes halogenated alkanes) is 8. The molecule has 0 amide bonds. The van der Waals surface area contributed by atoms with Crippen molar-refractivity contribution in [3.05, 3.63) is 71.4 Å². The number of esters is 2. The van der Waals surface area contributed by atoms with Gasteiger partial charge in [-0.15, -0.1) is 0 Å². The maximum Gasteiger partial charge on any atom is 0.481 e. The summed E-state index contributed by atoms with van der Waals surface area (Å²) in [6, 6.07) is 1.23. The number of nitrogens with two attached hydrogens (primary N) is 1. The predicted molar refractivity (Wildman–Crippen MR) is 247 cm³/mol. The van der Waals surface area contributed by atoms with Crippen molar-refractivity contribution in [2.45, 2.75) is 167 Å². The third-order valence-electron chi connectivity index (χ3n) is 10.4. The summed E-state index contributed by atoms with van der Waals surface area (Å²) in [5.74, 6) is -1.10. The zero-order chi connectivity index (χ0) is 48.8. The topological polar surface area (TPSA) is 283 Å². The first-order valence-electron chi connectivity index (χ1n) is 23.0. The van der Waals surface area contributed by atoms with Gasteiger partial charge in [-0.3, -0.25) is 28.0 Å². The Morgan fingerprint density at radius 3 is 2.21 bits per heavy atom. The number of ketones is 1. The van der Waals surface area contributed by atoms with Gasteiger partial charge in [0.05, 0.1) is 13.2 Å². The lowest BCUT2D eigenvalue weighted by molar-refractivity contribution is -0.161. The molecule has 3 unspecified atom stereocenters. The summed E-state index contributed by atoms with van der Waals surface area (Å²) >= 11 is 0. The molecule has 2 heterocycles. The van der Waals surface area contributed by atoms with Gasteiger partial charge in [-0.1, -0.05) is 121 Å². The number of allylic oxidation sites excluding steroid dienone is 8. The summed E-state index contributed by atoms with van der Waals surface area (Å²) in [5.41, 5.74) is 4.55. The Labute approximate surface area is 388 Å². The lowest BCUT2D eigenvalue weighted by Crippen LogP contribution is -2.36. The van der Waals surface area contributed by atoms with Crippen LogP contribution in [-0.4, -0.2) is 91.5 Å². The maximum atomic E-state index is 12.8. The lowest BCUT2D eigenvalue weighted by atomic mass is 10.00. The SMILES string of the molecule is CCCCC/C=C\C/C=C\C/C=C\C=C\C(=O)CCCC(=O)O[C@H](COC(=O)CCCCCCCCC(C)CC)COP(=O)(O)OP(=O)(O)OC[C@H]1O[C@@H](n2ccc(N)nc2=O)[C@H](O)[C@@H]1O. The molecule has 0 aromatic carbocycles. The van der Waals surface area contributed by atoms with Crippen molar-refractivity contribution in [1.82, 2.24) is 9.55 Å². The fourth-order valence-corrected chi connectivity index (χ4v) is 8.53. The molecule has 0 saturated carbocycles. The van der Waals surface area contributed by atoms with Gasteiger partial charge in [-0.25, -0.2) is 13.9 Å². The van der Waals surface area contributed by atoms with Crippen LogP contribution in [0.15, 0.2) is 65.7 Å². The first-order chi connectivity index (χ1) is 31.5. The molecule has 374 valence electrons. The van der Waals surface area contributed by atoms with E-state index in [4.69, 9.17) is 29.0 Å². The van der Waals surface area contributed by atoms with Crippen LogP contribution in [0.5, 0.6) is 0 Å². The van der Waals surface area contributed by atoms with E-state index in [0.29, 0.717) is 18.8 Å². The van der Waals surface area contributed by atoms with Gasteiger partial charge in [0.2, 0.25) is 0 Å². The quantitative estimate of drug-likeness (QED) is 0.0108. The second kappa shape index (κ2) is 33.0. The van der Waals surface area contributed by atoms with Gasteiger partial charge >= 0.3 is 33.3 Å². The molecule has 0 aliphatic carbocycles. The number of nitrogen functional groups attached to an aromatic ring is 1. The van der Waals surface area contributed by atoms with Crippen LogP contribution in [0.1, 0.15) is 143 Å². The van der Waals surface area contributed by atoms with Gasteiger partial charge in [0.25, 0.3) is 0 Å². The van der Waals surface area contributed by atoms with Crippen LogP contribution in [0.4, 0.5) is 5.82 Å². The molecule has 2 rings (SSSR count). The van der Waals surface area contributed by atoms with E-state index in [-0.39, 0.29) is 37.3 Å². The van der Waals surface area contributed by atoms with E-state index in [2.05, 4.69) is 48.3 Å².